The summed E-state index contributed by atoms with van der Waals surface area (Å²) in [6.07, 6.45) is 3.32. The minimum absolute atomic E-state index is 0.0884. The minimum atomic E-state index is 0.0884. The summed E-state index contributed by atoms with van der Waals surface area (Å²) in [5.41, 5.74) is 7.43. The summed E-state index contributed by atoms with van der Waals surface area (Å²) in [5.74, 6) is 1.69. The molecule has 4 nitrogen and oxygen atoms in total. The first-order valence-electron chi connectivity index (χ1n) is 5.19. The molecule has 1 atom stereocenters. The number of nitrogens with zero attached hydrogens (tertiary/aromatic N) is 1. The van der Waals surface area contributed by atoms with Crippen molar-refractivity contribution in [2.24, 2.45) is 0 Å². The molecule has 2 heterocycles. The zero-order valence-electron chi connectivity index (χ0n) is 9.40. The van der Waals surface area contributed by atoms with Gasteiger partial charge in [-0.2, -0.15) is 0 Å². The van der Waals surface area contributed by atoms with E-state index in [1.807, 2.05) is 32.0 Å². The molecule has 0 saturated carbocycles. The molecule has 0 aliphatic carbocycles. The van der Waals surface area contributed by atoms with Crippen molar-refractivity contribution in [1.29, 1.82) is 0 Å². The number of anilines is 2. The van der Waals surface area contributed by atoms with Crippen molar-refractivity contribution in [1.82, 2.24) is 4.98 Å². The van der Waals surface area contributed by atoms with Crippen molar-refractivity contribution in [3.63, 3.8) is 0 Å². The van der Waals surface area contributed by atoms with Crippen molar-refractivity contribution < 1.29 is 4.42 Å². The van der Waals surface area contributed by atoms with Crippen LogP contribution in [0.1, 0.15) is 24.3 Å². The van der Waals surface area contributed by atoms with Gasteiger partial charge in [-0.25, -0.2) is 4.98 Å². The smallest absolute Gasteiger partial charge is 0.126 e. The van der Waals surface area contributed by atoms with Gasteiger partial charge in [-0.05, 0) is 37.6 Å². The number of aryl methyl sites for hydroxylation is 1. The van der Waals surface area contributed by atoms with E-state index in [4.69, 9.17) is 10.2 Å². The van der Waals surface area contributed by atoms with E-state index < -0.39 is 0 Å². The zero-order valence-corrected chi connectivity index (χ0v) is 9.40. The van der Waals surface area contributed by atoms with E-state index in [-0.39, 0.29) is 6.04 Å². The Morgan fingerprint density at radius 1 is 1.50 bits per heavy atom. The Morgan fingerprint density at radius 2 is 2.31 bits per heavy atom. The maximum atomic E-state index is 5.71. The van der Waals surface area contributed by atoms with E-state index in [0.29, 0.717) is 5.69 Å². The molecule has 0 fully saturated rings. The number of nitrogen functional groups attached to an aromatic ring is 1. The van der Waals surface area contributed by atoms with Crippen LogP contribution in [-0.2, 0) is 0 Å². The van der Waals surface area contributed by atoms with Gasteiger partial charge in [0, 0.05) is 0 Å². The van der Waals surface area contributed by atoms with E-state index in [0.717, 1.165) is 17.1 Å². The lowest BCUT2D eigenvalue weighted by molar-refractivity contribution is 0.490. The monoisotopic (exact) mass is 217 g/mol. The van der Waals surface area contributed by atoms with E-state index in [2.05, 4.69) is 10.3 Å². The molecule has 3 N–H and O–H groups in total. The second-order valence-electron chi connectivity index (χ2n) is 3.81. The molecule has 0 aliphatic rings. The molecule has 0 amide bonds. The highest BCUT2D eigenvalue weighted by molar-refractivity contribution is 5.51. The van der Waals surface area contributed by atoms with E-state index >= 15 is 0 Å². The van der Waals surface area contributed by atoms with Gasteiger partial charge < -0.3 is 15.5 Å². The maximum Gasteiger partial charge on any atom is 0.126 e. The predicted octanol–water partition coefficient (Wildman–Crippen LogP) is 2.74. The third-order valence-electron chi connectivity index (χ3n) is 2.49. The van der Waals surface area contributed by atoms with E-state index in [9.17, 15) is 0 Å². The highest BCUT2D eigenvalue weighted by atomic mass is 16.3. The highest BCUT2D eigenvalue weighted by Crippen LogP contribution is 2.20. The molecular formula is C12H15N3O. The SMILES string of the molecule is Cc1cc(NC(C)c2ccco2)ncc1N. The number of rotatable bonds is 3. The molecule has 0 spiro atoms. The lowest BCUT2D eigenvalue weighted by Crippen LogP contribution is -2.07. The number of pyridine rings is 1. The standard InChI is InChI=1S/C12H15N3O/c1-8-6-12(14-7-10(8)13)15-9(2)11-4-3-5-16-11/h3-7,9H,13H2,1-2H3,(H,14,15). The quantitative estimate of drug-likeness (QED) is 0.829. The molecule has 84 valence electrons. The Morgan fingerprint density at radius 3 is 2.94 bits per heavy atom. The topological polar surface area (TPSA) is 64.1 Å². The van der Waals surface area contributed by atoms with Crippen LogP contribution in [0.25, 0.3) is 0 Å². The van der Waals surface area contributed by atoms with Gasteiger partial charge in [-0.15, -0.1) is 0 Å². The lowest BCUT2D eigenvalue weighted by atomic mass is 10.2. The largest absolute Gasteiger partial charge is 0.467 e. The van der Waals surface area contributed by atoms with Crippen LogP contribution in [0.3, 0.4) is 0 Å². The van der Waals surface area contributed by atoms with Gasteiger partial charge in [-0.1, -0.05) is 0 Å². The van der Waals surface area contributed by atoms with Crippen LogP contribution < -0.4 is 11.1 Å². The fraction of sp³-hybridized carbons (Fsp3) is 0.250. The van der Waals surface area contributed by atoms with Crippen LogP contribution in [-0.4, -0.2) is 4.98 Å². The second kappa shape index (κ2) is 4.26. The summed E-state index contributed by atoms with van der Waals surface area (Å²) < 4.78 is 5.31. The molecule has 0 aliphatic heterocycles. The molecule has 4 heteroatoms. The van der Waals surface area contributed by atoms with Crippen molar-refractivity contribution in [3.8, 4) is 0 Å². The lowest BCUT2D eigenvalue weighted by Gasteiger charge is -2.12. The summed E-state index contributed by atoms with van der Waals surface area (Å²) >= 11 is 0. The third kappa shape index (κ3) is 2.16. The molecule has 16 heavy (non-hydrogen) atoms. The Labute approximate surface area is 94.5 Å². The van der Waals surface area contributed by atoms with Crippen molar-refractivity contribution in [2.45, 2.75) is 19.9 Å². The fourth-order valence-corrected chi connectivity index (χ4v) is 1.48. The fourth-order valence-electron chi connectivity index (χ4n) is 1.48. The summed E-state index contributed by atoms with van der Waals surface area (Å²) in [4.78, 5) is 4.21. The number of nitrogens with one attached hydrogen (secondary N) is 1. The average Bonchev–Trinajstić information content (AvgIpc) is 2.77. The number of hydrogen-bond acceptors (Lipinski definition) is 4. The molecule has 0 radical (unpaired) electrons. The maximum absolute atomic E-state index is 5.71. The van der Waals surface area contributed by atoms with Gasteiger partial charge in [0.15, 0.2) is 0 Å². The van der Waals surface area contributed by atoms with Crippen LogP contribution in [0, 0.1) is 6.92 Å². The summed E-state index contributed by atoms with van der Waals surface area (Å²) in [6, 6.07) is 5.82. The van der Waals surface area contributed by atoms with Crippen LogP contribution in [0.4, 0.5) is 11.5 Å². The highest BCUT2D eigenvalue weighted by Gasteiger charge is 2.08. The van der Waals surface area contributed by atoms with Gasteiger partial charge in [0.1, 0.15) is 11.6 Å². The molecule has 0 aromatic carbocycles. The average molecular weight is 217 g/mol. The Balaban J connectivity index is 2.12. The predicted molar refractivity (Wildman–Crippen MR) is 64.1 cm³/mol. The van der Waals surface area contributed by atoms with Gasteiger partial charge in [-0.3, -0.25) is 0 Å². The van der Waals surface area contributed by atoms with Crippen LogP contribution in [0.15, 0.2) is 35.1 Å². The van der Waals surface area contributed by atoms with Gasteiger partial charge in [0.25, 0.3) is 0 Å². The Hall–Kier alpha value is -1.97. The molecule has 2 rings (SSSR count). The van der Waals surface area contributed by atoms with E-state index in [1.54, 1.807) is 12.5 Å². The second-order valence-corrected chi connectivity index (χ2v) is 3.81. The first kappa shape index (κ1) is 10.5. The molecule has 1 unspecified atom stereocenters. The first-order chi connectivity index (χ1) is 7.66. The van der Waals surface area contributed by atoms with Gasteiger partial charge >= 0.3 is 0 Å². The first-order valence-corrected chi connectivity index (χ1v) is 5.19. The van der Waals surface area contributed by atoms with Crippen molar-refractivity contribution in [2.75, 3.05) is 11.1 Å². The summed E-state index contributed by atoms with van der Waals surface area (Å²) in [7, 11) is 0. The van der Waals surface area contributed by atoms with Crippen molar-refractivity contribution >= 4 is 11.5 Å². The Bertz CT molecular complexity index is 465. The number of aromatic nitrogens is 1. The normalized spacial score (nSPS) is 12.4. The van der Waals surface area contributed by atoms with Crippen LogP contribution in [0.2, 0.25) is 0 Å². The Kier molecular flexibility index (Phi) is 2.81. The molecule has 2 aromatic heterocycles. The molecular weight excluding hydrogens is 202 g/mol. The molecule has 0 bridgehead atoms. The summed E-state index contributed by atoms with van der Waals surface area (Å²) in [6.45, 7) is 3.98. The minimum Gasteiger partial charge on any atom is -0.467 e. The molecule has 0 saturated heterocycles. The number of nitrogens with two attached hydrogens (primary N) is 1. The number of furan rings is 1. The zero-order chi connectivity index (χ0) is 11.5. The van der Waals surface area contributed by atoms with Crippen LogP contribution >= 0.6 is 0 Å². The molecule has 2 aromatic rings. The summed E-state index contributed by atoms with van der Waals surface area (Å²) in [5, 5.41) is 3.25. The van der Waals surface area contributed by atoms with E-state index in [1.165, 1.54) is 0 Å². The third-order valence-corrected chi connectivity index (χ3v) is 2.49. The van der Waals surface area contributed by atoms with Crippen LogP contribution in [0.5, 0.6) is 0 Å². The van der Waals surface area contributed by atoms with Gasteiger partial charge in [0.2, 0.25) is 0 Å². The van der Waals surface area contributed by atoms with Gasteiger partial charge in [0.05, 0.1) is 24.2 Å². The van der Waals surface area contributed by atoms with Crippen molar-refractivity contribution in [3.05, 3.63) is 42.0 Å². The number of hydrogen-bond donors (Lipinski definition) is 2.